The fourth-order valence-electron chi connectivity index (χ4n) is 1.31. The lowest BCUT2D eigenvalue weighted by molar-refractivity contribution is 0.101. The molecule has 0 saturated carbocycles. The summed E-state index contributed by atoms with van der Waals surface area (Å²) in [5, 5.41) is 15.6. The summed E-state index contributed by atoms with van der Waals surface area (Å²) in [6.07, 6.45) is 0. The second-order valence-electron chi connectivity index (χ2n) is 3.57. The number of carbonyl (C=O) groups excluding carboxylic acids is 1. The Kier molecular flexibility index (Phi) is 3.45. The van der Waals surface area contributed by atoms with Gasteiger partial charge in [0.15, 0.2) is 11.4 Å². The molecule has 18 heavy (non-hydrogen) atoms. The number of amides is 1. The summed E-state index contributed by atoms with van der Waals surface area (Å²) in [4.78, 5) is 11.8. The van der Waals surface area contributed by atoms with Crippen molar-refractivity contribution in [1.29, 1.82) is 0 Å². The van der Waals surface area contributed by atoms with Gasteiger partial charge in [-0.25, -0.2) is 0 Å². The van der Waals surface area contributed by atoms with Crippen molar-refractivity contribution >= 4 is 34.8 Å². The van der Waals surface area contributed by atoms with E-state index >= 15 is 0 Å². The van der Waals surface area contributed by atoms with E-state index in [4.69, 9.17) is 27.7 Å². The Morgan fingerprint density at radius 2 is 1.94 bits per heavy atom. The van der Waals surface area contributed by atoms with Crippen LogP contribution in [0.2, 0.25) is 10.0 Å². The first-order valence-corrected chi connectivity index (χ1v) is 5.65. The van der Waals surface area contributed by atoms with E-state index in [2.05, 4.69) is 10.5 Å². The van der Waals surface area contributed by atoms with Gasteiger partial charge in [0.25, 0.3) is 5.91 Å². The first-order valence-electron chi connectivity index (χ1n) is 4.90. The summed E-state index contributed by atoms with van der Waals surface area (Å²) >= 11 is 11.5. The minimum absolute atomic E-state index is 0.0501. The second kappa shape index (κ2) is 4.88. The number of hydrogen-bond donors (Lipinski definition) is 2. The summed E-state index contributed by atoms with van der Waals surface area (Å²) in [5.74, 6) is -0.153. The van der Waals surface area contributed by atoms with E-state index < -0.39 is 5.91 Å². The number of aryl methyl sites for hydroxylation is 1. The molecule has 1 amide bonds. The van der Waals surface area contributed by atoms with Crippen molar-refractivity contribution < 1.29 is 14.4 Å². The zero-order chi connectivity index (χ0) is 13.3. The van der Waals surface area contributed by atoms with Crippen molar-refractivity contribution in [3.8, 4) is 5.75 Å². The Hall–Kier alpha value is -1.72. The third-order valence-electron chi connectivity index (χ3n) is 2.14. The maximum atomic E-state index is 11.8. The molecule has 2 aromatic rings. The predicted octanol–water partition coefficient (Wildman–Crippen LogP) is 3.25. The van der Waals surface area contributed by atoms with Crippen LogP contribution in [0.3, 0.4) is 0 Å². The molecule has 1 aromatic heterocycles. The molecule has 0 aliphatic carbocycles. The van der Waals surface area contributed by atoms with Crippen LogP contribution in [0.15, 0.2) is 22.7 Å². The Morgan fingerprint density at radius 3 is 2.44 bits per heavy atom. The lowest BCUT2D eigenvalue weighted by atomic mass is 10.3. The average Bonchev–Trinajstić information content (AvgIpc) is 2.72. The van der Waals surface area contributed by atoms with Gasteiger partial charge in [0.05, 0.1) is 10.0 Å². The Bertz CT molecular complexity index is 587. The standard InChI is InChI=1S/C11H8Cl2N2O3/c1-5-2-9(15-18-5)11(17)14-6-3-7(12)10(16)8(13)4-6/h2-4,16H,1H3,(H,14,17). The van der Waals surface area contributed by atoms with Crippen LogP contribution in [-0.2, 0) is 0 Å². The third-order valence-corrected chi connectivity index (χ3v) is 2.71. The number of aromatic hydroxyl groups is 1. The number of phenolic OH excluding ortho intramolecular Hbond substituents is 1. The molecular weight excluding hydrogens is 279 g/mol. The molecule has 2 rings (SSSR count). The smallest absolute Gasteiger partial charge is 0.277 e. The first kappa shape index (κ1) is 12.7. The molecule has 7 heteroatoms. The molecule has 0 saturated heterocycles. The Morgan fingerprint density at radius 1 is 1.33 bits per heavy atom. The molecule has 0 unspecified atom stereocenters. The molecule has 5 nitrogen and oxygen atoms in total. The summed E-state index contributed by atoms with van der Waals surface area (Å²) in [6.45, 7) is 1.68. The number of phenols is 1. The van der Waals surface area contributed by atoms with E-state index in [0.717, 1.165) is 0 Å². The molecule has 0 radical (unpaired) electrons. The maximum Gasteiger partial charge on any atom is 0.277 e. The van der Waals surface area contributed by atoms with Crippen LogP contribution in [0.4, 0.5) is 5.69 Å². The average molecular weight is 287 g/mol. The third kappa shape index (κ3) is 2.57. The highest BCUT2D eigenvalue weighted by Crippen LogP contribution is 2.34. The molecule has 0 aliphatic heterocycles. The van der Waals surface area contributed by atoms with Gasteiger partial charge in [-0.15, -0.1) is 0 Å². The van der Waals surface area contributed by atoms with Crippen LogP contribution in [0, 0.1) is 6.92 Å². The van der Waals surface area contributed by atoms with Crippen molar-refractivity contribution in [3.63, 3.8) is 0 Å². The van der Waals surface area contributed by atoms with Crippen molar-refractivity contribution in [2.24, 2.45) is 0 Å². The zero-order valence-electron chi connectivity index (χ0n) is 9.20. The van der Waals surface area contributed by atoms with E-state index in [1.165, 1.54) is 18.2 Å². The molecule has 1 heterocycles. The molecule has 2 N–H and O–H groups in total. The topological polar surface area (TPSA) is 75.4 Å². The fraction of sp³-hybridized carbons (Fsp3) is 0.0909. The summed E-state index contributed by atoms with van der Waals surface area (Å²) in [7, 11) is 0. The van der Waals surface area contributed by atoms with Crippen molar-refractivity contribution in [2.45, 2.75) is 6.92 Å². The number of aromatic nitrogens is 1. The monoisotopic (exact) mass is 286 g/mol. The molecule has 1 aromatic carbocycles. The minimum atomic E-state index is -0.454. The minimum Gasteiger partial charge on any atom is -0.505 e. The van der Waals surface area contributed by atoms with Crippen molar-refractivity contribution in [2.75, 3.05) is 5.32 Å². The molecule has 0 aliphatic rings. The van der Waals surface area contributed by atoms with Crippen molar-refractivity contribution in [1.82, 2.24) is 5.16 Å². The number of anilines is 1. The van der Waals surface area contributed by atoms with Gasteiger partial charge < -0.3 is 14.9 Å². The molecular formula is C11H8Cl2N2O3. The van der Waals surface area contributed by atoms with Crippen LogP contribution >= 0.6 is 23.2 Å². The number of rotatable bonds is 2. The fourth-order valence-corrected chi connectivity index (χ4v) is 1.79. The van der Waals surface area contributed by atoms with Crippen LogP contribution in [-0.4, -0.2) is 16.2 Å². The molecule has 0 bridgehead atoms. The van der Waals surface area contributed by atoms with Crippen LogP contribution in [0.5, 0.6) is 5.75 Å². The zero-order valence-corrected chi connectivity index (χ0v) is 10.7. The normalized spacial score (nSPS) is 10.4. The largest absolute Gasteiger partial charge is 0.505 e. The van der Waals surface area contributed by atoms with Gasteiger partial charge in [0.1, 0.15) is 5.76 Å². The predicted molar refractivity (Wildman–Crippen MR) is 67.3 cm³/mol. The Balaban J connectivity index is 2.22. The van der Waals surface area contributed by atoms with E-state index in [9.17, 15) is 9.90 Å². The SMILES string of the molecule is Cc1cc(C(=O)Nc2cc(Cl)c(O)c(Cl)c2)no1. The second-order valence-corrected chi connectivity index (χ2v) is 4.38. The molecule has 0 fully saturated rings. The number of nitrogens with zero attached hydrogens (tertiary/aromatic N) is 1. The summed E-state index contributed by atoms with van der Waals surface area (Å²) in [6, 6.07) is 4.26. The lowest BCUT2D eigenvalue weighted by Crippen LogP contribution is -2.12. The van der Waals surface area contributed by atoms with E-state index in [1.807, 2.05) is 0 Å². The van der Waals surface area contributed by atoms with Gasteiger partial charge in [-0.1, -0.05) is 28.4 Å². The lowest BCUT2D eigenvalue weighted by Gasteiger charge is -2.06. The van der Waals surface area contributed by atoms with Crippen LogP contribution in [0.1, 0.15) is 16.2 Å². The molecule has 94 valence electrons. The van der Waals surface area contributed by atoms with Gasteiger partial charge in [0.2, 0.25) is 0 Å². The van der Waals surface area contributed by atoms with Crippen LogP contribution < -0.4 is 5.32 Å². The quantitative estimate of drug-likeness (QED) is 0.831. The van der Waals surface area contributed by atoms with Crippen molar-refractivity contribution in [3.05, 3.63) is 39.7 Å². The number of halogens is 2. The van der Waals surface area contributed by atoms with E-state index in [0.29, 0.717) is 11.4 Å². The van der Waals surface area contributed by atoms with Gasteiger partial charge in [-0.05, 0) is 19.1 Å². The molecule has 0 atom stereocenters. The number of carbonyl (C=O) groups is 1. The summed E-state index contributed by atoms with van der Waals surface area (Å²) in [5.41, 5.74) is 0.501. The van der Waals surface area contributed by atoms with Gasteiger partial charge in [-0.3, -0.25) is 4.79 Å². The van der Waals surface area contributed by atoms with E-state index in [1.54, 1.807) is 6.92 Å². The van der Waals surface area contributed by atoms with Crippen LogP contribution in [0.25, 0.3) is 0 Å². The molecule has 0 spiro atoms. The van der Waals surface area contributed by atoms with E-state index in [-0.39, 0.29) is 21.5 Å². The highest BCUT2D eigenvalue weighted by Gasteiger charge is 2.13. The first-order chi connectivity index (χ1) is 8.47. The highest BCUT2D eigenvalue weighted by atomic mass is 35.5. The van der Waals surface area contributed by atoms with Gasteiger partial charge >= 0.3 is 0 Å². The van der Waals surface area contributed by atoms with Gasteiger partial charge in [-0.2, -0.15) is 0 Å². The number of nitrogens with one attached hydrogen (secondary N) is 1. The Labute approximate surface area is 112 Å². The van der Waals surface area contributed by atoms with Gasteiger partial charge in [0, 0.05) is 11.8 Å². The maximum absolute atomic E-state index is 11.8. The number of hydrogen-bond acceptors (Lipinski definition) is 4. The highest BCUT2D eigenvalue weighted by molar-refractivity contribution is 6.37. The summed E-state index contributed by atoms with van der Waals surface area (Å²) < 4.78 is 4.79. The number of benzene rings is 1.